The molecular formula is C25H19N5O6. The van der Waals surface area contributed by atoms with Gasteiger partial charge < -0.3 is 14.5 Å². The van der Waals surface area contributed by atoms with E-state index in [0.29, 0.717) is 17.0 Å². The van der Waals surface area contributed by atoms with E-state index >= 15 is 0 Å². The normalized spacial score (nSPS) is 11.2. The molecule has 0 bridgehead atoms. The summed E-state index contributed by atoms with van der Waals surface area (Å²) in [6.45, 7) is 3.99. The molecule has 4 aromatic rings. The highest BCUT2D eigenvalue weighted by atomic mass is 16.6. The van der Waals surface area contributed by atoms with Gasteiger partial charge >= 0.3 is 5.69 Å². The Bertz CT molecular complexity index is 1560. The van der Waals surface area contributed by atoms with Gasteiger partial charge in [-0.05, 0) is 66.9 Å². The summed E-state index contributed by atoms with van der Waals surface area (Å²) in [7, 11) is 1.40. The Morgan fingerprint density at radius 3 is 2.39 bits per heavy atom. The summed E-state index contributed by atoms with van der Waals surface area (Å²) < 4.78 is 11.0. The summed E-state index contributed by atoms with van der Waals surface area (Å²) in [5.74, 6) is 0.625. The quantitative estimate of drug-likeness (QED) is 0.194. The molecule has 0 spiro atoms. The standard InChI is InChI=1S/C25H19N5O6/c1-14-8-19-20(9-15(14)2)28-25(27-19)17(13-26)10-16-4-6-23(24(11-16)35-3)36-22-7-5-18(29(31)32)12-21(22)30(33)34/h4-12H,1-3H3,(H,27,28)/b17-10+. The molecule has 3 aromatic carbocycles. The molecule has 0 aliphatic rings. The molecule has 180 valence electrons. The third-order valence-corrected chi connectivity index (χ3v) is 5.54. The number of non-ortho nitro benzene ring substituents is 1. The lowest BCUT2D eigenvalue weighted by Gasteiger charge is -2.11. The number of hydrogen-bond acceptors (Lipinski definition) is 8. The molecule has 0 amide bonds. The number of H-pyrrole nitrogens is 1. The lowest BCUT2D eigenvalue weighted by Crippen LogP contribution is -1.97. The van der Waals surface area contributed by atoms with Gasteiger partial charge in [0.2, 0.25) is 5.75 Å². The minimum Gasteiger partial charge on any atom is -0.493 e. The second-order valence-electron chi connectivity index (χ2n) is 7.89. The zero-order chi connectivity index (χ0) is 26.0. The maximum absolute atomic E-state index is 11.4. The van der Waals surface area contributed by atoms with Crippen LogP contribution >= 0.6 is 0 Å². The van der Waals surface area contributed by atoms with E-state index in [1.165, 1.54) is 13.2 Å². The molecule has 1 aromatic heterocycles. The number of ether oxygens (including phenoxy) is 2. The van der Waals surface area contributed by atoms with Gasteiger partial charge in [0.15, 0.2) is 11.5 Å². The number of nitrogens with one attached hydrogen (secondary N) is 1. The van der Waals surface area contributed by atoms with Crippen LogP contribution in [0.2, 0.25) is 0 Å². The third kappa shape index (κ3) is 4.69. The largest absolute Gasteiger partial charge is 0.493 e. The lowest BCUT2D eigenvalue weighted by molar-refractivity contribution is -0.394. The number of methoxy groups -OCH3 is 1. The number of nitriles is 1. The van der Waals surface area contributed by atoms with Crippen molar-refractivity contribution in [2.75, 3.05) is 7.11 Å². The van der Waals surface area contributed by atoms with E-state index in [4.69, 9.17) is 9.47 Å². The van der Waals surface area contributed by atoms with Crippen LogP contribution in [0.4, 0.5) is 11.4 Å². The second-order valence-corrected chi connectivity index (χ2v) is 7.89. The van der Waals surface area contributed by atoms with E-state index in [2.05, 4.69) is 16.0 Å². The van der Waals surface area contributed by atoms with Gasteiger partial charge in [-0.2, -0.15) is 5.26 Å². The van der Waals surface area contributed by atoms with E-state index in [-0.39, 0.29) is 17.2 Å². The van der Waals surface area contributed by atoms with Crippen LogP contribution in [-0.2, 0) is 0 Å². The number of benzene rings is 3. The molecule has 0 atom stereocenters. The van der Waals surface area contributed by atoms with Gasteiger partial charge in [-0.3, -0.25) is 20.2 Å². The van der Waals surface area contributed by atoms with Crippen molar-refractivity contribution >= 4 is 34.1 Å². The number of imidazole rings is 1. The summed E-state index contributed by atoms with van der Waals surface area (Å²) in [6, 6.07) is 13.9. The van der Waals surface area contributed by atoms with Crippen LogP contribution in [0.1, 0.15) is 22.5 Å². The highest BCUT2D eigenvalue weighted by Gasteiger charge is 2.22. The monoisotopic (exact) mass is 485 g/mol. The number of hydrogen-bond donors (Lipinski definition) is 1. The first-order valence-electron chi connectivity index (χ1n) is 10.6. The van der Waals surface area contributed by atoms with Gasteiger partial charge in [0.25, 0.3) is 5.69 Å². The number of allylic oxidation sites excluding steroid dienone is 1. The van der Waals surface area contributed by atoms with Crippen molar-refractivity contribution in [1.29, 1.82) is 5.26 Å². The molecule has 36 heavy (non-hydrogen) atoms. The van der Waals surface area contributed by atoms with E-state index < -0.39 is 21.2 Å². The number of aromatic nitrogens is 2. The number of fused-ring (bicyclic) bond motifs is 1. The Kier molecular flexibility index (Phi) is 6.34. The molecule has 1 N–H and O–H groups in total. The molecule has 0 aliphatic carbocycles. The minimum absolute atomic E-state index is 0.153. The number of aromatic amines is 1. The summed E-state index contributed by atoms with van der Waals surface area (Å²) in [5, 5.41) is 32.1. The number of nitro benzene ring substituents is 2. The highest BCUT2D eigenvalue weighted by molar-refractivity contribution is 5.90. The minimum atomic E-state index is -0.762. The topological polar surface area (TPSA) is 157 Å². The molecule has 11 heteroatoms. The fourth-order valence-electron chi connectivity index (χ4n) is 3.54. The Balaban J connectivity index is 1.68. The second kappa shape index (κ2) is 9.55. The van der Waals surface area contributed by atoms with E-state index in [9.17, 15) is 25.5 Å². The van der Waals surface area contributed by atoms with Crippen LogP contribution in [0.3, 0.4) is 0 Å². The molecule has 0 fully saturated rings. The molecular weight excluding hydrogens is 466 g/mol. The zero-order valence-corrected chi connectivity index (χ0v) is 19.4. The van der Waals surface area contributed by atoms with Crippen molar-refractivity contribution in [3.63, 3.8) is 0 Å². The van der Waals surface area contributed by atoms with E-state index in [0.717, 1.165) is 40.4 Å². The van der Waals surface area contributed by atoms with Crippen molar-refractivity contribution in [2.45, 2.75) is 13.8 Å². The first-order valence-corrected chi connectivity index (χ1v) is 10.6. The van der Waals surface area contributed by atoms with Crippen molar-refractivity contribution in [3.8, 4) is 23.3 Å². The van der Waals surface area contributed by atoms with Crippen LogP contribution in [0.15, 0.2) is 48.5 Å². The average molecular weight is 485 g/mol. The lowest BCUT2D eigenvalue weighted by atomic mass is 10.1. The van der Waals surface area contributed by atoms with Gasteiger partial charge in [0.1, 0.15) is 11.9 Å². The summed E-state index contributed by atoms with van der Waals surface area (Å²) in [6.07, 6.45) is 1.62. The number of rotatable bonds is 7. The number of nitro groups is 2. The summed E-state index contributed by atoms with van der Waals surface area (Å²) >= 11 is 0. The van der Waals surface area contributed by atoms with Crippen LogP contribution in [-0.4, -0.2) is 26.9 Å². The molecule has 0 saturated carbocycles. The van der Waals surface area contributed by atoms with Crippen molar-refractivity contribution in [1.82, 2.24) is 9.97 Å². The molecule has 0 radical (unpaired) electrons. The van der Waals surface area contributed by atoms with E-state index in [1.54, 1.807) is 18.2 Å². The van der Waals surface area contributed by atoms with Crippen LogP contribution in [0.5, 0.6) is 17.2 Å². The van der Waals surface area contributed by atoms with Crippen LogP contribution in [0.25, 0.3) is 22.7 Å². The SMILES string of the molecule is COc1cc(/C=C(\C#N)c2nc3cc(C)c(C)cc3[nH]2)ccc1Oc1ccc([N+](=O)[O-])cc1[N+](=O)[O-]. The van der Waals surface area contributed by atoms with Crippen molar-refractivity contribution in [2.24, 2.45) is 0 Å². The summed E-state index contributed by atoms with van der Waals surface area (Å²) in [4.78, 5) is 28.6. The first kappa shape index (κ1) is 23.9. The Labute approximate surface area is 204 Å². The van der Waals surface area contributed by atoms with Crippen molar-refractivity contribution in [3.05, 3.63) is 91.3 Å². The number of aryl methyl sites for hydroxylation is 2. The zero-order valence-electron chi connectivity index (χ0n) is 19.4. The highest BCUT2D eigenvalue weighted by Crippen LogP contribution is 2.38. The molecule has 1 heterocycles. The molecule has 0 unspecified atom stereocenters. The van der Waals surface area contributed by atoms with Gasteiger partial charge in [-0.1, -0.05) is 6.07 Å². The maximum Gasteiger partial charge on any atom is 0.318 e. The fraction of sp³-hybridized carbons (Fsp3) is 0.120. The molecule has 4 rings (SSSR count). The predicted molar refractivity (Wildman–Crippen MR) is 132 cm³/mol. The fourth-order valence-corrected chi connectivity index (χ4v) is 3.54. The van der Waals surface area contributed by atoms with E-state index in [1.807, 2.05) is 26.0 Å². The Hall–Kier alpha value is -5.24. The Morgan fingerprint density at radius 1 is 1.00 bits per heavy atom. The maximum atomic E-state index is 11.4. The molecule has 11 nitrogen and oxygen atoms in total. The van der Waals surface area contributed by atoms with Crippen molar-refractivity contribution < 1.29 is 19.3 Å². The number of nitrogens with zero attached hydrogens (tertiary/aromatic N) is 4. The van der Waals surface area contributed by atoms with Crippen LogP contribution < -0.4 is 9.47 Å². The van der Waals surface area contributed by atoms with Gasteiger partial charge in [-0.25, -0.2) is 4.98 Å². The predicted octanol–water partition coefficient (Wildman–Crippen LogP) is 5.86. The third-order valence-electron chi connectivity index (χ3n) is 5.54. The van der Waals surface area contributed by atoms with Gasteiger partial charge in [0.05, 0.1) is 39.6 Å². The van der Waals surface area contributed by atoms with Crippen LogP contribution in [0, 0.1) is 45.4 Å². The van der Waals surface area contributed by atoms with Gasteiger partial charge in [-0.15, -0.1) is 0 Å². The summed E-state index contributed by atoms with van der Waals surface area (Å²) in [5.41, 5.74) is 3.68. The Morgan fingerprint density at radius 2 is 1.72 bits per heavy atom. The smallest absolute Gasteiger partial charge is 0.318 e. The molecule has 0 aliphatic heterocycles. The first-order chi connectivity index (χ1) is 17.2. The van der Waals surface area contributed by atoms with Gasteiger partial charge in [0, 0.05) is 6.07 Å². The average Bonchev–Trinajstić information content (AvgIpc) is 3.25. The molecule has 0 saturated heterocycles.